The molecule has 0 fully saturated rings. The van der Waals surface area contributed by atoms with Gasteiger partial charge in [-0.3, -0.25) is 19.5 Å². The summed E-state index contributed by atoms with van der Waals surface area (Å²) in [5.41, 5.74) is -0.305. The molecule has 2 aromatic rings. The van der Waals surface area contributed by atoms with Gasteiger partial charge in [-0.15, -0.1) is 0 Å². The van der Waals surface area contributed by atoms with E-state index in [-0.39, 0.29) is 11.3 Å². The second kappa shape index (κ2) is 5.13. The molecule has 0 saturated heterocycles. The minimum Gasteiger partial charge on any atom is -0.276 e. The van der Waals surface area contributed by atoms with Crippen LogP contribution in [0.25, 0.3) is 0 Å². The molecule has 0 aliphatic rings. The number of aryl methyl sites for hydroxylation is 2. The lowest BCUT2D eigenvalue weighted by Crippen LogP contribution is -2.15. The van der Waals surface area contributed by atoms with Crippen LogP contribution < -0.4 is 4.72 Å². The fourth-order valence-electron chi connectivity index (χ4n) is 1.73. The van der Waals surface area contributed by atoms with Gasteiger partial charge in [0.1, 0.15) is 10.7 Å². The van der Waals surface area contributed by atoms with Crippen LogP contribution in [0.3, 0.4) is 0 Å². The Labute approximate surface area is 119 Å². The van der Waals surface area contributed by atoms with Gasteiger partial charge in [-0.25, -0.2) is 12.8 Å². The predicted molar refractivity (Wildman–Crippen MR) is 71.8 cm³/mol. The first kappa shape index (κ1) is 14.9. The molecule has 0 amide bonds. The molecule has 0 bridgehead atoms. The molecule has 8 nitrogen and oxygen atoms in total. The highest BCUT2D eigenvalue weighted by atomic mass is 32.2. The summed E-state index contributed by atoms with van der Waals surface area (Å²) >= 11 is 0. The fourth-order valence-corrected chi connectivity index (χ4v) is 2.84. The van der Waals surface area contributed by atoms with E-state index in [1.54, 1.807) is 7.05 Å². The summed E-state index contributed by atoms with van der Waals surface area (Å²) in [4.78, 5) is 9.27. The van der Waals surface area contributed by atoms with Crippen molar-refractivity contribution in [2.75, 3.05) is 4.72 Å². The van der Waals surface area contributed by atoms with E-state index in [1.165, 1.54) is 24.0 Å². The highest BCUT2D eigenvalue weighted by molar-refractivity contribution is 7.92. The van der Waals surface area contributed by atoms with Crippen LogP contribution in [0.2, 0.25) is 0 Å². The topological polar surface area (TPSA) is 107 Å². The predicted octanol–water partition coefficient (Wildman–Crippen LogP) is 1.58. The Morgan fingerprint density at radius 3 is 2.62 bits per heavy atom. The lowest BCUT2D eigenvalue weighted by Gasteiger charge is -2.08. The molecular weight excluding hydrogens is 303 g/mol. The van der Waals surface area contributed by atoms with E-state index in [9.17, 15) is 22.9 Å². The first-order chi connectivity index (χ1) is 9.70. The zero-order chi connectivity index (χ0) is 15.8. The maximum Gasteiger partial charge on any atom is 0.273 e. The molecule has 0 spiro atoms. The van der Waals surface area contributed by atoms with Crippen molar-refractivity contribution in [1.82, 2.24) is 9.78 Å². The van der Waals surface area contributed by atoms with E-state index in [2.05, 4.69) is 9.82 Å². The van der Waals surface area contributed by atoms with E-state index in [4.69, 9.17) is 0 Å². The van der Waals surface area contributed by atoms with Crippen LogP contribution in [0.5, 0.6) is 0 Å². The molecule has 0 radical (unpaired) electrons. The molecule has 1 heterocycles. The van der Waals surface area contributed by atoms with E-state index in [0.717, 1.165) is 6.07 Å². The van der Waals surface area contributed by atoms with Gasteiger partial charge < -0.3 is 0 Å². The number of nitrogens with zero attached hydrogens (tertiary/aromatic N) is 3. The average Bonchev–Trinajstić information content (AvgIpc) is 2.72. The molecule has 0 saturated carbocycles. The number of aromatic nitrogens is 2. The van der Waals surface area contributed by atoms with Crippen LogP contribution in [-0.4, -0.2) is 23.1 Å². The molecule has 0 atom stereocenters. The standard InChI is InChI=1S/C11H11FN4O4S/c1-7-3-9(12)11(4-10(7)16(17)18)21(19,20)14-8-5-13-15(2)6-8/h3-6,14H,1-2H3. The van der Waals surface area contributed by atoms with Crippen LogP contribution in [0.1, 0.15) is 5.56 Å². The van der Waals surface area contributed by atoms with E-state index < -0.39 is 31.3 Å². The summed E-state index contributed by atoms with van der Waals surface area (Å²) in [6.45, 7) is 1.33. The highest BCUT2D eigenvalue weighted by Gasteiger charge is 2.25. The monoisotopic (exact) mass is 314 g/mol. The van der Waals surface area contributed by atoms with Gasteiger partial charge in [0.05, 0.1) is 16.8 Å². The summed E-state index contributed by atoms with van der Waals surface area (Å²) in [6.07, 6.45) is 2.61. The van der Waals surface area contributed by atoms with Crippen molar-refractivity contribution >= 4 is 21.4 Å². The maximum absolute atomic E-state index is 13.8. The largest absolute Gasteiger partial charge is 0.276 e. The third kappa shape index (κ3) is 2.99. The number of rotatable bonds is 4. The number of hydrogen-bond donors (Lipinski definition) is 1. The van der Waals surface area contributed by atoms with Gasteiger partial charge in [0.15, 0.2) is 0 Å². The maximum atomic E-state index is 13.8. The first-order valence-corrected chi connectivity index (χ1v) is 7.15. The molecule has 1 aromatic heterocycles. The Kier molecular flexibility index (Phi) is 3.64. The quantitative estimate of drug-likeness (QED) is 0.681. The molecule has 10 heteroatoms. The minimum absolute atomic E-state index is 0.0397. The summed E-state index contributed by atoms with van der Waals surface area (Å²) in [5.74, 6) is -1.06. The molecule has 21 heavy (non-hydrogen) atoms. The van der Waals surface area contributed by atoms with Crippen molar-refractivity contribution in [2.45, 2.75) is 11.8 Å². The molecule has 1 N–H and O–H groups in total. The van der Waals surface area contributed by atoms with Crippen molar-refractivity contribution in [3.8, 4) is 0 Å². The Bertz CT molecular complexity index is 816. The summed E-state index contributed by atoms with van der Waals surface area (Å²) < 4.78 is 41.5. The third-order valence-corrected chi connectivity index (χ3v) is 4.09. The van der Waals surface area contributed by atoms with Crippen molar-refractivity contribution < 1.29 is 17.7 Å². The molecule has 0 aliphatic heterocycles. The number of anilines is 1. The number of benzene rings is 1. The molecule has 2 rings (SSSR count). The Hall–Kier alpha value is -2.49. The van der Waals surface area contributed by atoms with Gasteiger partial charge in [0.2, 0.25) is 0 Å². The minimum atomic E-state index is -4.29. The van der Waals surface area contributed by atoms with Gasteiger partial charge >= 0.3 is 0 Å². The molecular formula is C11H11FN4O4S. The van der Waals surface area contributed by atoms with E-state index >= 15 is 0 Å². The molecule has 0 unspecified atom stereocenters. The zero-order valence-electron chi connectivity index (χ0n) is 11.1. The van der Waals surface area contributed by atoms with Crippen molar-refractivity contribution in [3.63, 3.8) is 0 Å². The number of halogens is 1. The summed E-state index contributed by atoms with van der Waals surface area (Å²) in [6, 6.07) is 1.51. The molecule has 112 valence electrons. The number of sulfonamides is 1. The summed E-state index contributed by atoms with van der Waals surface area (Å²) in [7, 11) is -2.71. The van der Waals surface area contributed by atoms with Gasteiger partial charge in [0.25, 0.3) is 15.7 Å². The Balaban J connectivity index is 2.49. The van der Waals surface area contributed by atoms with Crippen LogP contribution in [0.4, 0.5) is 15.8 Å². The molecule has 0 aliphatic carbocycles. The van der Waals surface area contributed by atoms with Crippen molar-refractivity contribution in [2.24, 2.45) is 7.05 Å². The number of nitrogens with one attached hydrogen (secondary N) is 1. The first-order valence-electron chi connectivity index (χ1n) is 5.66. The zero-order valence-corrected chi connectivity index (χ0v) is 11.9. The lowest BCUT2D eigenvalue weighted by molar-refractivity contribution is -0.385. The van der Waals surface area contributed by atoms with Gasteiger partial charge in [-0.2, -0.15) is 5.10 Å². The Morgan fingerprint density at radius 1 is 1.43 bits per heavy atom. The second-order valence-corrected chi connectivity index (χ2v) is 5.99. The van der Waals surface area contributed by atoms with Gasteiger partial charge in [0, 0.05) is 24.9 Å². The SMILES string of the molecule is Cc1cc(F)c(S(=O)(=O)Nc2cnn(C)c2)cc1[N+](=O)[O-]. The van der Waals surface area contributed by atoms with Crippen LogP contribution in [-0.2, 0) is 17.1 Å². The highest BCUT2D eigenvalue weighted by Crippen LogP contribution is 2.26. The molecule has 1 aromatic carbocycles. The number of nitro benzene ring substituents is 1. The van der Waals surface area contributed by atoms with E-state index in [0.29, 0.717) is 6.07 Å². The van der Waals surface area contributed by atoms with Crippen molar-refractivity contribution in [1.29, 1.82) is 0 Å². The third-order valence-electron chi connectivity index (χ3n) is 2.69. The summed E-state index contributed by atoms with van der Waals surface area (Å²) in [5, 5.41) is 14.6. The smallest absolute Gasteiger partial charge is 0.273 e. The van der Waals surface area contributed by atoms with Crippen LogP contribution in [0.15, 0.2) is 29.4 Å². The lowest BCUT2D eigenvalue weighted by atomic mass is 10.2. The average molecular weight is 314 g/mol. The number of hydrogen-bond acceptors (Lipinski definition) is 5. The normalized spacial score (nSPS) is 11.4. The Morgan fingerprint density at radius 2 is 2.10 bits per heavy atom. The van der Waals surface area contributed by atoms with E-state index in [1.807, 2.05) is 0 Å². The van der Waals surface area contributed by atoms with Crippen LogP contribution >= 0.6 is 0 Å². The fraction of sp³-hybridized carbons (Fsp3) is 0.182. The second-order valence-electron chi connectivity index (χ2n) is 4.33. The van der Waals surface area contributed by atoms with Gasteiger partial charge in [-0.05, 0) is 13.0 Å². The number of nitro groups is 1. The van der Waals surface area contributed by atoms with Crippen LogP contribution in [0, 0.1) is 22.9 Å². The van der Waals surface area contributed by atoms with Crippen molar-refractivity contribution in [3.05, 3.63) is 46.0 Å². The van der Waals surface area contributed by atoms with Gasteiger partial charge in [-0.1, -0.05) is 0 Å².